The molecular weight excluding hydrogens is 276 g/mol. The molecule has 21 heavy (non-hydrogen) atoms. The maximum Gasteiger partial charge on any atom is 0.344 e. The number of nitrogens with zero attached hydrogens (tertiary/aromatic N) is 1. The van der Waals surface area contributed by atoms with Gasteiger partial charge in [0.05, 0.1) is 18.0 Å². The van der Waals surface area contributed by atoms with Crippen LogP contribution in [0.15, 0.2) is 35.5 Å². The summed E-state index contributed by atoms with van der Waals surface area (Å²) in [6.45, 7) is 1.60. The van der Waals surface area contributed by atoms with Crippen LogP contribution in [0.5, 0.6) is 0 Å². The first-order valence-electron chi connectivity index (χ1n) is 6.26. The molecule has 1 aromatic rings. The standard InChI is InChI=1S/C14H10N2O5/c1-2-21-14(20)9-10-12(18)15-7-5-3-4-6-8(7)16(10)13(19)11(9)17/h3-6H,2H2,1H3,(H,15,18). The zero-order chi connectivity index (χ0) is 15.1. The van der Waals surface area contributed by atoms with Crippen LogP contribution in [0.1, 0.15) is 6.92 Å². The van der Waals surface area contributed by atoms with Gasteiger partial charge in [-0.2, -0.15) is 0 Å². The number of benzene rings is 1. The van der Waals surface area contributed by atoms with Crippen LogP contribution in [0.4, 0.5) is 11.4 Å². The second-order valence-electron chi connectivity index (χ2n) is 4.39. The van der Waals surface area contributed by atoms with Crippen LogP contribution in [0.3, 0.4) is 0 Å². The molecule has 1 N–H and O–H groups in total. The Morgan fingerprint density at radius 1 is 1.24 bits per heavy atom. The Kier molecular flexibility index (Phi) is 2.83. The highest BCUT2D eigenvalue weighted by Crippen LogP contribution is 2.38. The number of carbonyl (C=O) groups is 4. The first-order valence-corrected chi connectivity index (χ1v) is 6.26. The van der Waals surface area contributed by atoms with E-state index in [0.29, 0.717) is 11.4 Å². The van der Waals surface area contributed by atoms with Gasteiger partial charge in [-0.1, -0.05) is 12.1 Å². The number of hydrogen-bond acceptors (Lipinski definition) is 5. The molecule has 0 bridgehead atoms. The first kappa shape index (κ1) is 13.0. The van der Waals surface area contributed by atoms with Gasteiger partial charge in [0.1, 0.15) is 11.3 Å². The lowest BCUT2D eigenvalue weighted by Crippen LogP contribution is -2.37. The van der Waals surface area contributed by atoms with Crippen molar-refractivity contribution >= 4 is 34.9 Å². The molecule has 3 rings (SSSR count). The van der Waals surface area contributed by atoms with Crippen LogP contribution in [0.2, 0.25) is 0 Å². The smallest absolute Gasteiger partial charge is 0.344 e. The van der Waals surface area contributed by atoms with E-state index in [9.17, 15) is 19.2 Å². The number of fused-ring (bicyclic) bond motifs is 3. The van der Waals surface area contributed by atoms with E-state index in [2.05, 4.69) is 5.32 Å². The molecule has 0 saturated carbocycles. The third-order valence-corrected chi connectivity index (χ3v) is 3.17. The Balaban J connectivity index is 2.21. The third-order valence-electron chi connectivity index (χ3n) is 3.17. The van der Waals surface area contributed by atoms with E-state index in [1.54, 1.807) is 31.2 Å². The van der Waals surface area contributed by atoms with E-state index in [-0.39, 0.29) is 12.3 Å². The number of esters is 1. The Hall–Kier alpha value is -2.96. The lowest BCUT2D eigenvalue weighted by atomic mass is 10.1. The largest absolute Gasteiger partial charge is 0.462 e. The molecule has 0 radical (unpaired) electrons. The first-order chi connectivity index (χ1) is 10.1. The van der Waals surface area contributed by atoms with Crippen molar-refractivity contribution in [2.24, 2.45) is 0 Å². The van der Waals surface area contributed by atoms with Gasteiger partial charge in [-0.05, 0) is 19.1 Å². The summed E-state index contributed by atoms with van der Waals surface area (Å²) in [5.41, 5.74) is -0.0433. The Labute approximate surface area is 119 Å². The summed E-state index contributed by atoms with van der Waals surface area (Å²) in [6, 6.07) is 6.52. The molecule has 2 heterocycles. The van der Waals surface area contributed by atoms with Crippen molar-refractivity contribution in [1.82, 2.24) is 0 Å². The van der Waals surface area contributed by atoms with E-state index in [1.807, 2.05) is 0 Å². The topological polar surface area (TPSA) is 92.8 Å². The number of anilines is 2. The predicted molar refractivity (Wildman–Crippen MR) is 71.2 cm³/mol. The zero-order valence-corrected chi connectivity index (χ0v) is 11.0. The average molecular weight is 286 g/mol. The molecule has 0 fully saturated rings. The van der Waals surface area contributed by atoms with Crippen LogP contribution in [-0.4, -0.2) is 30.2 Å². The molecule has 1 aromatic carbocycles. The van der Waals surface area contributed by atoms with Crippen molar-refractivity contribution in [1.29, 1.82) is 0 Å². The van der Waals surface area contributed by atoms with Crippen LogP contribution in [-0.2, 0) is 23.9 Å². The highest BCUT2D eigenvalue weighted by molar-refractivity contribution is 6.58. The maximum atomic E-state index is 12.1. The fourth-order valence-electron chi connectivity index (χ4n) is 2.32. The van der Waals surface area contributed by atoms with Crippen molar-refractivity contribution in [3.63, 3.8) is 0 Å². The Morgan fingerprint density at radius 3 is 2.67 bits per heavy atom. The summed E-state index contributed by atoms with van der Waals surface area (Å²) < 4.78 is 4.75. The number of amides is 2. The van der Waals surface area contributed by atoms with Crippen LogP contribution >= 0.6 is 0 Å². The lowest BCUT2D eigenvalue weighted by molar-refractivity contribution is -0.142. The second kappa shape index (κ2) is 4.55. The number of ether oxygens (including phenoxy) is 1. The normalized spacial score (nSPS) is 16.6. The van der Waals surface area contributed by atoms with Crippen LogP contribution in [0.25, 0.3) is 0 Å². The molecule has 2 aliphatic heterocycles. The van der Waals surface area contributed by atoms with Gasteiger partial charge in [-0.25, -0.2) is 4.79 Å². The molecule has 7 nitrogen and oxygen atoms in total. The van der Waals surface area contributed by atoms with Gasteiger partial charge in [0.25, 0.3) is 11.7 Å². The minimum absolute atomic E-state index is 0.0370. The summed E-state index contributed by atoms with van der Waals surface area (Å²) >= 11 is 0. The van der Waals surface area contributed by atoms with Crippen molar-refractivity contribution in [2.45, 2.75) is 6.92 Å². The Morgan fingerprint density at radius 2 is 1.95 bits per heavy atom. The second-order valence-corrected chi connectivity index (χ2v) is 4.39. The van der Waals surface area contributed by atoms with E-state index in [1.165, 1.54) is 0 Å². The summed E-state index contributed by atoms with van der Waals surface area (Å²) in [5.74, 6) is -3.62. The number of para-hydroxylation sites is 2. The highest BCUT2D eigenvalue weighted by Gasteiger charge is 2.48. The fourth-order valence-corrected chi connectivity index (χ4v) is 2.32. The van der Waals surface area contributed by atoms with Gasteiger partial charge in [0, 0.05) is 0 Å². The van der Waals surface area contributed by atoms with E-state index in [4.69, 9.17) is 4.74 Å². The molecule has 0 aromatic heterocycles. The summed E-state index contributed by atoms with van der Waals surface area (Å²) in [7, 11) is 0. The van der Waals surface area contributed by atoms with Gasteiger partial charge in [-0.15, -0.1) is 0 Å². The highest BCUT2D eigenvalue weighted by atomic mass is 16.5. The van der Waals surface area contributed by atoms with Crippen molar-refractivity contribution in [3.05, 3.63) is 35.5 Å². The van der Waals surface area contributed by atoms with Crippen molar-refractivity contribution in [3.8, 4) is 0 Å². The molecule has 0 saturated heterocycles. The van der Waals surface area contributed by atoms with Gasteiger partial charge in [0.2, 0.25) is 0 Å². The number of carbonyl (C=O) groups excluding carboxylic acids is 4. The fraction of sp³-hybridized carbons (Fsp3) is 0.143. The molecule has 0 unspecified atom stereocenters. The van der Waals surface area contributed by atoms with Gasteiger partial charge in [-0.3, -0.25) is 19.3 Å². The third kappa shape index (κ3) is 1.74. The van der Waals surface area contributed by atoms with Gasteiger partial charge < -0.3 is 10.1 Å². The number of Topliss-reactive ketones (excluding diaryl/α,β-unsaturated/α-hetero) is 1. The molecule has 2 amide bonds. The average Bonchev–Trinajstić information content (AvgIpc) is 2.73. The predicted octanol–water partition coefficient (Wildman–Crippen LogP) is 0.372. The van der Waals surface area contributed by atoms with E-state index >= 15 is 0 Å². The van der Waals surface area contributed by atoms with E-state index < -0.39 is 29.1 Å². The molecule has 0 atom stereocenters. The minimum atomic E-state index is -1.03. The SMILES string of the molecule is CCOC(=O)C1=C2C(=O)Nc3ccccc3N2C(=O)C1=O. The lowest BCUT2D eigenvalue weighted by Gasteiger charge is -2.27. The molecule has 2 aliphatic rings. The number of ketones is 1. The van der Waals surface area contributed by atoms with Crippen molar-refractivity contribution in [2.75, 3.05) is 16.8 Å². The van der Waals surface area contributed by atoms with Gasteiger partial charge >= 0.3 is 11.9 Å². The van der Waals surface area contributed by atoms with Crippen LogP contribution < -0.4 is 10.2 Å². The number of nitrogens with one attached hydrogen (secondary N) is 1. The van der Waals surface area contributed by atoms with E-state index in [0.717, 1.165) is 4.90 Å². The molecule has 106 valence electrons. The number of hydrogen-bond donors (Lipinski definition) is 1. The summed E-state index contributed by atoms with van der Waals surface area (Å²) in [4.78, 5) is 49.1. The zero-order valence-electron chi connectivity index (χ0n) is 11.0. The monoisotopic (exact) mass is 286 g/mol. The molecule has 7 heteroatoms. The maximum absolute atomic E-state index is 12.1. The Bertz CT molecular complexity index is 735. The summed E-state index contributed by atoms with van der Waals surface area (Å²) in [6.07, 6.45) is 0. The van der Waals surface area contributed by atoms with Gasteiger partial charge in [0.15, 0.2) is 0 Å². The molecular formula is C14H10N2O5. The van der Waals surface area contributed by atoms with Crippen molar-refractivity contribution < 1.29 is 23.9 Å². The summed E-state index contributed by atoms with van der Waals surface area (Å²) in [5, 5.41) is 2.55. The number of rotatable bonds is 2. The molecule has 0 spiro atoms. The van der Waals surface area contributed by atoms with Crippen LogP contribution in [0, 0.1) is 0 Å². The molecule has 0 aliphatic carbocycles. The quantitative estimate of drug-likeness (QED) is 0.482. The minimum Gasteiger partial charge on any atom is -0.462 e.